The average Bonchev–Trinajstić information content (AvgIpc) is 3.59. The lowest BCUT2D eigenvalue weighted by Crippen LogP contribution is -2.25. The van der Waals surface area contributed by atoms with E-state index in [1.165, 1.54) is 41.3 Å². The molecule has 0 bridgehead atoms. The van der Waals surface area contributed by atoms with Crippen LogP contribution in [0.2, 0.25) is 0 Å². The largest absolute Gasteiger partial charge is 0.462 e. The van der Waals surface area contributed by atoms with E-state index in [0.717, 1.165) is 47.4 Å². The van der Waals surface area contributed by atoms with Crippen LogP contribution in [0.1, 0.15) is 67.9 Å². The van der Waals surface area contributed by atoms with E-state index >= 15 is 0 Å². The van der Waals surface area contributed by atoms with Crippen LogP contribution < -0.4 is 10.6 Å². The Labute approximate surface area is 267 Å². The Balaban J connectivity index is 1.34. The van der Waals surface area contributed by atoms with Crippen molar-refractivity contribution in [2.24, 2.45) is 0 Å². The number of thiophene rings is 1. The summed E-state index contributed by atoms with van der Waals surface area (Å²) >= 11 is 2.60. The van der Waals surface area contributed by atoms with Gasteiger partial charge < -0.3 is 15.4 Å². The lowest BCUT2D eigenvalue weighted by molar-refractivity contribution is -0.385. The number of carbonyl (C=O) groups excluding carboxylic acids is 3. The minimum atomic E-state index is -0.523. The Morgan fingerprint density at radius 1 is 1.11 bits per heavy atom. The van der Waals surface area contributed by atoms with Gasteiger partial charge in [-0.1, -0.05) is 30.0 Å². The molecule has 2 aromatic heterocycles. The van der Waals surface area contributed by atoms with E-state index in [0.29, 0.717) is 27.1 Å². The number of amides is 2. The minimum Gasteiger partial charge on any atom is -0.462 e. The maximum absolute atomic E-state index is 13.2. The number of hydrogen-bond acceptors (Lipinski definition) is 10. The number of nitro benzene ring substituents is 1. The van der Waals surface area contributed by atoms with Crippen molar-refractivity contribution in [3.8, 4) is 5.69 Å². The van der Waals surface area contributed by atoms with Crippen LogP contribution >= 0.6 is 23.1 Å². The van der Waals surface area contributed by atoms with Crippen LogP contribution in [0.15, 0.2) is 47.6 Å². The predicted molar refractivity (Wildman–Crippen MR) is 171 cm³/mol. The molecule has 5 rings (SSSR count). The number of benzene rings is 2. The predicted octanol–water partition coefficient (Wildman–Crippen LogP) is 5.57. The number of thioether (sulfide) groups is 1. The molecule has 0 saturated heterocycles. The van der Waals surface area contributed by atoms with Crippen molar-refractivity contribution in [1.82, 2.24) is 20.1 Å². The van der Waals surface area contributed by atoms with Crippen molar-refractivity contribution in [2.45, 2.75) is 58.2 Å². The van der Waals surface area contributed by atoms with Crippen molar-refractivity contribution in [2.75, 3.05) is 17.7 Å². The second-order valence-electron chi connectivity index (χ2n) is 10.5. The summed E-state index contributed by atoms with van der Waals surface area (Å²) < 4.78 is 7.06. The number of nitrogens with zero attached hydrogens (tertiary/aromatic N) is 4. The summed E-state index contributed by atoms with van der Waals surface area (Å²) in [5, 5.41) is 26.6. The zero-order chi connectivity index (χ0) is 32.1. The molecule has 0 unspecified atom stereocenters. The standard InChI is InChI=1S/C31H32N6O6S2/c1-4-43-30(40)27-22-10-5-6-11-24(22)45-29(27)33-26(38)17-44-31-35-34-25(36(31)21-9-7-8-18(2)14-21)16-32-28(39)20-13-12-19(3)23(15-20)37(41)42/h7-9,12-15H,4-6,10-11,16-17H2,1-3H3,(H,32,39)(H,33,38). The lowest BCUT2D eigenvalue weighted by atomic mass is 9.95. The van der Waals surface area contributed by atoms with Gasteiger partial charge in [-0.2, -0.15) is 0 Å². The molecule has 2 N–H and O–H groups in total. The number of aromatic nitrogens is 3. The number of nitrogens with one attached hydrogen (secondary N) is 2. The number of ether oxygens (including phenoxy) is 1. The second kappa shape index (κ2) is 14.0. The molecule has 0 fully saturated rings. The van der Waals surface area contributed by atoms with E-state index in [4.69, 9.17) is 4.74 Å². The van der Waals surface area contributed by atoms with Crippen molar-refractivity contribution >= 4 is 51.6 Å². The van der Waals surface area contributed by atoms with Crippen molar-refractivity contribution in [3.05, 3.63) is 91.1 Å². The first kappa shape index (κ1) is 31.9. The summed E-state index contributed by atoms with van der Waals surface area (Å²) in [7, 11) is 0. The zero-order valence-electron chi connectivity index (χ0n) is 25.0. The molecule has 0 atom stereocenters. The van der Waals surface area contributed by atoms with Crippen LogP contribution in [0.4, 0.5) is 10.7 Å². The average molecular weight is 649 g/mol. The van der Waals surface area contributed by atoms with Gasteiger partial charge in [0.05, 0.1) is 29.4 Å². The maximum atomic E-state index is 13.2. The Bertz CT molecular complexity index is 1780. The first-order chi connectivity index (χ1) is 21.7. The number of anilines is 1. The third-order valence-corrected chi connectivity index (χ3v) is 9.41. The smallest absolute Gasteiger partial charge is 0.341 e. The monoisotopic (exact) mass is 648 g/mol. The number of carbonyl (C=O) groups is 3. The summed E-state index contributed by atoms with van der Waals surface area (Å²) in [6.45, 7) is 5.54. The van der Waals surface area contributed by atoms with E-state index in [1.54, 1.807) is 18.4 Å². The Hall–Kier alpha value is -4.56. The van der Waals surface area contributed by atoms with Crippen molar-refractivity contribution in [3.63, 3.8) is 0 Å². The minimum absolute atomic E-state index is 0.00578. The van der Waals surface area contributed by atoms with Gasteiger partial charge in [-0.25, -0.2) is 4.79 Å². The first-order valence-electron chi connectivity index (χ1n) is 14.4. The molecular formula is C31H32N6O6S2. The van der Waals surface area contributed by atoms with Crippen LogP contribution in [0.3, 0.4) is 0 Å². The molecule has 234 valence electrons. The van der Waals surface area contributed by atoms with Gasteiger partial charge in [-0.05, 0) is 75.8 Å². The molecule has 0 saturated carbocycles. The van der Waals surface area contributed by atoms with E-state index in [-0.39, 0.29) is 36.1 Å². The van der Waals surface area contributed by atoms with Gasteiger partial charge in [0.1, 0.15) is 5.00 Å². The second-order valence-corrected chi connectivity index (χ2v) is 12.5. The molecule has 0 aliphatic heterocycles. The molecule has 1 aliphatic rings. The molecule has 2 amide bonds. The number of fused-ring (bicyclic) bond motifs is 1. The Kier molecular flexibility index (Phi) is 9.93. The fourth-order valence-electron chi connectivity index (χ4n) is 5.11. The number of aryl methyl sites for hydroxylation is 3. The number of hydrogen-bond donors (Lipinski definition) is 2. The topological polar surface area (TPSA) is 158 Å². The van der Waals surface area contributed by atoms with Crippen LogP contribution in [0.5, 0.6) is 0 Å². The van der Waals surface area contributed by atoms with Gasteiger partial charge in [-0.3, -0.25) is 24.3 Å². The fraction of sp³-hybridized carbons (Fsp3) is 0.323. The van der Waals surface area contributed by atoms with Crippen molar-refractivity contribution in [1.29, 1.82) is 0 Å². The summed E-state index contributed by atoms with van der Waals surface area (Å²) in [6, 6.07) is 11.9. The van der Waals surface area contributed by atoms with Gasteiger partial charge in [0, 0.05) is 27.8 Å². The highest BCUT2D eigenvalue weighted by Crippen LogP contribution is 2.39. The van der Waals surface area contributed by atoms with Gasteiger partial charge >= 0.3 is 5.97 Å². The summed E-state index contributed by atoms with van der Waals surface area (Å²) in [5.74, 6) is -0.825. The molecule has 2 aromatic carbocycles. The third kappa shape index (κ3) is 7.23. The lowest BCUT2D eigenvalue weighted by Gasteiger charge is -2.13. The SMILES string of the molecule is CCOC(=O)c1c(NC(=O)CSc2nnc(CNC(=O)c3ccc(C)c([N+](=O)[O-])c3)n2-c2cccc(C)c2)sc2c1CCCC2. The first-order valence-corrected chi connectivity index (χ1v) is 16.2. The number of esters is 1. The highest BCUT2D eigenvalue weighted by Gasteiger charge is 2.27. The van der Waals surface area contributed by atoms with E-state index < -0.39 is 16.8 Å². The molecule has 45 heavy (non-hydrogen) atoms. The van der Waals surface area contributed by atoms with Crippen LogP contribution in [-0.4, -0.2) is 49.8 Å². The van der Waals surface area contributed by atoms with Gasteiger partial charge in [0.25, 0.3) is 11.6 Å². The zero-order valence-corrected chi connectivity index (χ0v) is 26.7. The summed E-state index contributed by atoms with van der Waals surface area (Å²) in [6.07, 6.45) is 3.68. The van der Waals surface area contributed by atoms with E-state index in [9.17, 15) is 24.5 Å². The van der Waals surface area contributed by atoms with Gasteiger partial charge in [-0.15, -0.1) is 21.5 Å². The van der Waals surface area contributed by atoms with Crippen molar-refractivity contribution < 1.29 is 24.0 Å². The molecule has 0 radical (unpaired) electrons. The summed E-state index contributed by atoms with van der Waals surface area (Å²) in [5.41, 5.74) is 3.63. The normalized spacial score (nSPS) is 12.3. The fourth-order valence-corrected chi connectivity index (χ4v) is 7.17. The Morgan fingerprint density at radius 3 is 2.67 bits per heavy atom. The third-order valence-electron chi connectivity index (χ3n) is 7.27. The van der Waals surface area contributed by atoms with Crippen LogP contribution in [0.25, 0.3) is 5.69 Å². The van der Waals surface area contributed by atoms with Gasteiger partial charge in [0.2, 0.25) is 5.91 Å². The highest BCUT2D eigenvalue weighted by atomic mass is 32.2. The number of rotatable bonds is 11. The van der Waals surface area contributed by atoms with Crippen LogP contribution in [-0.2, 0) is 28.9 Å². The quantitative estimate of drug-likeness (QED) is 0.0918. The molecule has 12 nitrogen and oxygen atoms in total. The number of nitro groups is 1. The Morgan fingerprint density at radius 2 is 1.91 bits per heavy atom. The highest BCUT2D eigenvalue weighted by molar-refractivity contribution is 7.99. The molecule has 14 heteroatoms. The van der Waals surface area contributed by atoms with Crippen LogP contribution in [0, 0.1) is 24.0 Å². The maximum Gasteiger partial charge on any atom is 0.341 e. The van der Waals surface area contributed by atoms with Gasteiger partial charge in [0.15, 0.2) is 11.0 Å². The van der Waals surface area contributed by atoms with E-state index in [1.807, 2.05) is 31.2 Å². The molecule has 0 spiro atoms. The molecule has 4 aromatic rings. The molecule has 2 heterocycles. The molecular weight excluding hydrogens is 617 g/mol. The summed E-state index contributed by atoms with van der Waals surface area (Å²) in [4.78, 5) is 50.8. The van der Waals surface area contributed by atoms with E-state index in [2.05, 4.69) is 20.8 Å². The molecule has 1 aliphatic carbocycles.